The molecular weight excluding hydrogens is 216 g/mol. The van der Waals surface area contributed by atoms with Crippen molar-refractivity contribution in [3.8, 4) is 0 Å². The highest BCUT2D eigenvalue weighted by molar-refractivity contribution is 5.65. The van der Waals surface area contributed by atoms with E-state index in [4.69, 9.17) is 10.8 Å². The maximum absolute atomic E-state index is 11.0. The molecule has 1 aromatic carbocycles. The maximum Gasteiger partial charge on any atom is 0.407 e. The Morgan fingerprint density at radius 1 is 1.41 bits per heavy atom. The summed E-state index contributed by atoms with van der Waals surface area (Å²) in [4.78, 5) is 12.4. The Labute approximate surface area is 101 Å². The van der Waals surface area contributed by atoms with E-state index in [9.17, 15) is 4.79 Å². The van der Waals surface area contributed by atoms with Gasteiger partial charge in [0.25, 0.3) is 0 Å². The summed E-state index contributed by atoms with van der Waals surface area (Å²) >= 11 is 0. The van der Waals surface area contributed by atoms with Crippen molar-refractivity contribution in [3.63, 3.8) is 0 Å². The zero-order valence-electron chi connectivity index (χ0n) is 9.97. The Morgan fingerprint density at radius 3 is 2.65 bits per heavy atom. The van der Waals surface area contributed by atoms with E-state index in [0.29, 0.717) is 13.1 Å². The highest BCUT2D eigenvalue weighted by atomic mass is 16.4. The van der Waals surface area contributed by atoms with Crippen LogP contribution in [0.4, 0.5) is 4.79 Å². The van der Waals surface area contributed by atoms with Crippen molar-refractivity contribution in [2.45, 2.75) is 25.3 Å². The van der Waals surface area contributed by atoms with E-state index in [2.05, 4.69) is 0 Å². The fraction of sp³-hybridized carbons (Fsp3) is 0.462. The van der Waals surface area contributed by atoms with Crippen molar-refractivity contribution in [1.82, 2.24) is 4.90 Å². The van der Waals surface area contributed by atoms with E-state index in [1.807, 2.05) is 31.2 Å². The van der Waals surface area contributed by atoms with E-state index >= 15 is 0 Å². The molecular formula is C13H18N2O2. The Morgan fingerprint density at radius 2 is 2.06 bits per heavy atom. The quantitative estimate of drug-likeness (QED) is 0.778. The number of piperidine rings is 1. The van der Waals surface area contributed by atoms with Crippen LogP contribution in [0.3, 0.4) is 0 Å². The standard InChI is InChI=1S/C13H18N2O2/c1-9-2-4-10(5-3-9)11-8-15(13(16)17)7-6-12(11)14/h2-5,11-12H,6-8,14H2,1H3,(H,16,17)/t11-,12+/m0/s1. The van der Waals surface area contributed by atoms with Gasteiger partial charge < -0.3 is 15.7 Å². The van der Waals surface area contributed by atoms with Gasteiger partial charge in [0, 0.05) is 25.0 Å². The first kappa shape index (κ1) is 11.9. The van der Waals surface area contributed by atoms with Crippen LogP contribution < -0.4 is 5.73 Å². The summed E-state index contributed by atoms with van der Waals surface area (Å²) in [5, 5.41) is 9.02. The number of hydrogen-bond acceptors (Lipinski definition) is 2. The molecule has 1 saturated heterocycles. The van der Waals surface area contributed by atoms with Gasteiger partial charge in [0.2, 0.25) is 0 Å². The summed E-state index contributed by atoms with van der Waals surface area (Å²) in [5.74, 6) is 0.112. The Hall–Kier alpha value is -1.55. The molecule has 4 nitrogen and oxygen atoms in total. The molecule has 3 N–H and O–H groups in total. The van der Waals surface area contributed by atoms with Gasteiger partial charge in [0.05, 0.1) is 0 Å². The molecule has 0 unspecified atom stereocenters. The minimum atomic E-state index is -0.853. The number of carbonyl (C=O) groups is 1. The third-order valence-electron chi connectivity index (χ3n) is 3.44. The summed E-state index contributed by atoms with van der Waals surface area (Å²) in [6, 6.07) is 8.23. The number of rotatable bonds is 1. The Kier molecular flexibility index (Phi) is 3.33. The normalized spacial score (nSPS) is 24.7. The van der Waals surface area contributed by atoms with Crippen LogP contribution in [-0.4, -0.2) is 35.2 Å². The molecule has 2 rings (SSSR count). The predicted octanol–water partition coefficient (Wildman–Crippen LogP) is 1.79. The second-order valence-corrected chi connectivity index (χ2v) is 4.70. The van der Waals surface area contributed by atoms with Gasteiger partial charge in [0.1, 0.15) is 0 Å². The number of benzene rings is 1. The molecule has 1 aliphatic heterocycles. The van der Waals surface area contributed by atoms with E-state index in [1.165, 1.54) is 10.5 Å². The SMILES string of the molecule is Cc1ccc([C@@H]2CN(C(=O)O)CC[C@H]2N)cc1. The number of nitrogens with two attached hydrogens (primary N) is 1. The van der Waals surface area contributed by atoms with Crippen molar-refractivity contribution >= 4 is 6.09 Å². The highest BCUT2D eigenvalue weighted by Gasteiger charge is 2.29. The molecule has 17 heavy (non-hydrogen) atoms. The lowest BCUT2D eigenvalue weighted by Gasteiger charge is -2.35. The molecule has 4 heteroatoms. The molecule has 1 aromatic rings. The summed E-state index contributed by atoms with van der Waals surface area (Å²) in [5.41, 5.74) is 8.43. The molecule has 0 aliphatic carbocycles. The lowest BCUT2D eigenvalue weighted by Crippen LogP contribution is -2.47. The molecule has 1 amide bonds. The molecule has 0 saturated carbocycles. The molecule has 0 aromatic heterocycles. The lowest BCUT2D eigenvalue weighted by atomic mass is 9.86. The second kappa shape index (κ2) is 4.75. The summed E-state index contributed by atoms with van der Waals surface area (Å²) < 4.78 is 0. The van der Waals surface area contributed by atoms with Crippen LogP contribution in [0.2, 0.25) is 0 Å². The average Bonchev–Trinajstić information content (AvgIpc) is 2.31. The number of likely N-dealkylation sites (tertiary alicyclic amines) is 1. The highest BCUT2D eigenvalue weighted by Crippen LogP contribution is 2.26. The maximum atomic E-state index is 11.0. The van der Waals surface area contributed by atoms with Crippen molar-refractivity contribution in [2.24, 2.45) is 5.73 Å². The fourth-order valence-corrected chi connectivity index (χ4v) is 2.31. The average molecular weight is 234 g/mol. The minimum Gasteiger partial charge on any atom is -0.465 e. The van der Waals surface area contributed by atoms with Gasteiger partial charge in [-0.25, -0.2) is 4.79 Å². The molecule has 1 heterocycles. The Bertz CT molecular complexity index is 402. The van der Waals surface area contributed by atoms with Gasteiger partial charge in [-0.15, -0.1) is 0 Å². The largest absolute Gasteiger partial charge is 0.465 e. The van der Waals surface area contributed by atoms with E-state index < -0.39 is 6.09 Å². The van der Waals surface area contributed by atoms with Crippen molar-refractivity contribution in [1.29, 1.82) is 0 Å². The third-order valence-corrected chi connectivity index (χ3v) is 3.44. The molecule has 1 aliphatic rings. The van der Waals surface area contributed by atoms with Gasteiger partial charge in [-0.3, -0.25) is 0 Å². The summed E-state index contributed by atoms with van der Waals surface area (Å²) in [6.07, 6.45) is -0.126. The van der Waals surface area contributed by atoms with Crippen LogP contribution in [0.5, 0.6) is 0 Å². The number of aryl methyl sites for hydroxylation is 1. The number of hydrogen-bond donors (Lipinski definition) is 2. The van der Waals surface area contributed by atoms with Gasteiger partial charge in [-0.2, -0.15) is 0 Å². The fourth-order valence-electron chi connectivity index (χ4n) is 2.31. The number of amides is 1. The van der Waals surface area contributed by atoms with E-state index in [1.54, 1.807) is 0 Å². The van der Waals surface area contributed by atoms with Crippen LogP contribution in [0.25, 0.3) is 0 Å². The molecule has 1 fully saturated rings. The van der Waals surface area contributed by atoms with Crippen molar-refractivity contribution in [2.75, 3.05) is 13.1 Å². The first-order valence-electron chi connectivity index (χ1n) is 5.88. The molecule has 0 bridgehead atoms. The summed E-state index contributed by atoms with van der Waals surface area (Å²) in [7, 11) is 0. The van der Waals surface area contributed by atoms with Gasteiger partial charge in [-0.1, -0.05) is 29.8 Å². The zero-order chi connectivity index (χ0) is 12.4. The van der Waals surface area contributed by atoms with E-state index in [-0.39, 0.29) is 12.0 Å². The smallest absolute Gasteiger partial charge is 0.407 e. The minimum absolute atomic E-state index is 0.0494. The Balaban J connectivity index is 2.17. The number of nitrogens with zero attached hydrogens (tertiary/aromatic N) is 1. The number of carboxylic acid groups (broad SMARTS) is 1. The van der Waals surface area contributed by atoms with Crippen LogP contribution >= 0.6 is 0 Å². The third kappa shape index (κ3) is 2.58. The first-order chi connectivity index (χ1) is 8.08. The van der Waals surface area contributed by atoms with Crippen LogP contribution in [0.15, 0.2) is 24.3 Å². The van der Waals surface area contributed by atoms with Crippen LogP contribution in [0, 0.1) is 6.92 Å². The van der Waals surface area contributed by atoms with Crippen molar-refractivity contribution < 1.29 is 9.90 Å². The summed E-state index contributed by atoms with van der Waals surface area (Å²) in [6.45, 7) is 3.08. The predicted molar refractivity (Wildman–Crippen MR) is 66.1 cm³/mol. The van der Waals surface area contributed by atoms with Gasteiger partial charge in [-0.05, 0) is 18.9 Å². The lowest BCUT2D eigenvalue weighted by molar-refractivity contribution is 0.126. The van der Waals surface area contributed by atoms with Gasteiger partial charge >= 0.3 is 6.09 Å². The van der Waals surface area contributed by atoms with Gasteiger partial charge in [0.15, 0.2) is 0 Å². The first-order valence-corrected chi connectivity index (χ1v) is 5.88. The van der Waals surface area contributed by atoms with Crippen LogP contribution in [-0.2, 0) is 0 Å². The second-order valence-electron chi connectivity index (χ2n) is 4.70. The molecule has 0 spiro atoms. The van der Waals surface area contributed by atoms with Crippen LogP contribution in [0.1, 0.15) is 23.5 Å². The molecule has 92 valence electrons. The van der Waals surface area contributed by atoms with Crippen molar-refractivity contribution in [3.05, 3.63) is 35.4 Å². The zero-order valence-corrected chi connectivity index (χ0v) is 9.97. The topological polar surface area (TPSA) is 66.6 Å². The van der Waals surface area contributed by atoms with E-state index in [0.717, 1.165) is 12.0 Å². The monoisotopic (exact) mass is 234 g/mol. The molecule has 2 atom stereocenters. The molecule has 0 radical (unpaired) electrons.